The maximum atomic E-state index is 14.9. The summed E-state index contributed by atoms with van der Waals surface area (Å²) >= 11 is 1.13. The molecule has 1 aromatic carbocycles. The molecular weight excluding hydrogens is 478 g/mol. The Hall–Kier alpha value is -3.54. The molecule has 2 saturated heterocycles. The second-order valence-electron chi connectivity index (χ2n) is 8.89. The van der Waals surface area contributed by atoms with Crippen LogP contribution in [-0.2, 0) is 6.42 Å². The first-order chi connectivity index (χ1) is 16.7. The molecule has 2 aliphatic heterocycles. The molecule has 2 aliphatic rings. The van der Waals surface area contributed by atoms with Gasteiger partial charge < -0.3 is 21.1 Å². The van der Waals surface area contributed by atoms with Crippen LogP contribution in [0.3, 0.4) is 0 Å². The Morgan fingerprint density at radius 2 is 1.94 bits per heavy atom. The van der Waals surface area contributed by atoms with Crippen molar-refractivity contribution in [1.82, 2.24) is 20.2 Å². The van der Waals surface area contributed by atoms with E-state index in [1.54, 1.807) is 18.0 Å². The van der Waals surface area contributed by atoms with Gasteiger partial charge in [-0.1, -0.05) is 0 Å². The van der Waals surface area contributed by atoms with E-state index in [0.29, 0.717) is 42.0 Å². The number of rotatable bonds is 5. The summed E-state index contributed by atoms with van der Waals surface area (Å²) in [6.07, 6.45) is 2.12. The largest absolute Gasteiger partial charge is 0.465 e. The highest BCUT2D eigenvalue weighted by Crippen LogP contribution is 2.34. The van der Waals surface area contributed by atoms with Crippen molar-refractivity contribution >= 4 is 45.1 Å². The predicted molar refractivity (Wildman–Crippen MR) is 128 cm³/mol. The van der Waals surface area contributed by atoms with Crippen molar-refractivity contribution in [3.8, 4) is 0 Å². The third kappa shape index (κ3) is 4.22. The Labute approximate surface area is 203 Å². The molecular formula is C23H24F2N6O3S. The highest BCUT2D eigenvalue weighted by Gasteiger charge is 2.43. The highest BCUT2D eigenvalue weighted by molar-refractivity contribution is 7.21. The maximum Gasteiger partial charge on any atom is 0.407 e. The van der Waals surface area contributed by atoms with Crippen LogP contribution in [0.1, 0.15) is 33.8 Å². The maximum absolute atomic E-state index is 14.9. The van der Waals surface area contributed by atoms with Crippen LogP contribution in [0.15, 0.2) is 18.3 Å². The zero-order valence-electron chi connectivity index (χ0n) is 18.9. The smallest absolute Gasteiger partial charge is 0.407 e. The zero-order chi connectivity index (χ0) is 24.9. The third-order valence-electron chi connectivity index (χ3n) is 6.61. The summed E-state index contributed by atoms with van der Waals surface area (Å²) in [6, 6.07) is 1.86. The van der Waals surface area contributed by atoms with Gasteiger partial charge in [0, 0.05) is 31.9 Å². The van der Waals surface area contributed by atoms with E-state index < -0.39 is 23.6 Å². The lowest BCUT2D eigenvalue weighted by atomic mass is 10.1. The quantitative estimate of drug-likeness (QED) is 0.489. The minimum atomic E-state index is -0.971. The standard InChI is InChI=1S/C23H24F2N6O3S/c1-11-8-28-19-18(26)20(35-22(19)29-11)21(32)27-5-4-12-6-16(25)17(7-15(12)24)30-9-13-2-3-14(10-30)31(13)23(33)34/h6-8,13-14H,2-5,9-10,26H2,1H3,(H,27,32)(H,33,34). The Morgan fingerprint density at radius 1 is 1.23 bits per heavy atom. The minimum absolute atomic E-state index is 0.0868. The lowest BCUT2D eigenvalue weighted by molar-refractivity contribution is 0.0958. The van der Waals surface area contributed by atoms with Crippen LogP contribution in [0.2, 0.25) is 0 Å². The van der Waals surface area contributed by atoms with Gasteiger partial charge >= 0.3 is 6.09 Å². The molecule has 0 radical (unpaired) electrons. The summed E-state index contributed by atoms with van der Waals surface area (Å²) in [7, 11) is 0. The number of carbonyl (C=O) groups excluding carboxylic acids is 1. The van der Waals surface area contributed by atoms with E-state index in [1.165, 1.54) is 4.90 Å². The molecule has 0 saturated carbocycles. The van der Waals surface area contributed by atoms with E-state index in [2.05, 4.69) is 15.3 Å². The third-order valence-corrected chi connectivity index (χ3v) is 7.69. The molecule has 2 bridgehead atoms. The normalized spacial score (nSPS) is 19.4. The van der Waals surface area contributed by atoms with Crippen LogP contribution >= 0.6 is 11.3 Å². The van der Waals surface area contributed by atoms with Gasteiger partial charge in [0.2, 0.25) is 0 Å². The zero-order valence-corrected chi connectivity index (χ0v) is 19.7. The Bertz CT molecular complexity index is 1320. The summed E-state index contributed by atoms with van der Waals surface area (Å²) in [6.45, 7) is 2.54. The van der Waals surface area contributed by atoms with Gasteiger partial charge in [0.1, 0.15) is 26.9 Å². The molecule has 0 spiro atoms. The summed E-state index contributed by atoms with van der Waals surface area (Å²) in [4.78, 5) is 36.6. The molecule has 0 aliphatic carbocycles. The number of fused-ring (bicyclic) bond motifs is 3. The van der Waals surface area contributed by atoms with Gasteiger partial charge in [-0.3, -0.25) is 9.69 Å². The number of nitrogens with zero attached hydrogens (tertiary/aromatic N) is 4. The van der Waals surface area contributed by atoms with Gasteiger partial charge in [-0.2, -0.15) is 0 Å². The Balaban J connectivity index is 1.24. The number of hydrogen-bond acceptors (Lipinski definition) is 7. The monoisotopic (exact) mass is 502 g/mol. The molecule has 3 aromatic rings. The molecule has 12 heteroatoms. The summed E-state index contributed by atoms with van der Waals surface area (Å²) < 4.78 is 29.8. The van der Waals surface area contributed by atoms with Crippen molar-refractivity contribution in [1.29, 1.82) is 0 Å². The summed E-state index contributed by atoms with van der Waals surface area (Å²) in [5.74, 6) is -1.57. The average molecular weight is 503 g/mol. The van der Waals surface area contributed by atoms with Gasteiger partial charge in [0.25, 0.3) is 5.91 Å². The van der Waals surface area contributed by atoms with Crippen molar-refractivity contribution in [3.63, 3.8) is 0 Å². The van der Waals surface area contributed by atoms with E-state index in [9.17, 15) is 23.5 Å². The molecule has 9 nitrogen and oxygen atoms in total. The topological polar surface area (TPSA) is 125 Å². The van der Waals surface area contributed by atoms with Crippen molar-refractivity contribution in [2.45, 2.75) is 38.3 Å². The van der Waals surface area contributed by atoms with Crippen LogP contribution in [0.5, 0.6) is 0 Å². The molecule has 35 heavy (non-hydrogen) atoms. The number of aromatic nitrogens is 2. The number of aryl methyl sites for hydroxylation is 1. The summed E-state index contributed by atoms with van der Waals surface area (Å²) in [5.41, 5.74) is 7.74. The minimum Gasteiger partial charge on any atom is -0.465 e. The van der Waals surface area contributed by atoms with Gasteiger partial charge in [-0.15, -0.1) is 11.3 Å². The van der Waals surface area contributed by atoms with Gasteiger partial charge in [-0.25, -0.2) is 23.5 Å². The molecule has 5 rings (SSSR count). The van der Waals surface area contributed by atoms with E-state index in [0.717, 1.165) is 23.5 Å². The number of carboxylic acid groups (broad SMARTS) is 1. The Morgan fingerprint density at radius 3 is 2.63 bits per heavy atom. The molecule has 2 amide bonds. The lowest BCUT2D eigenvalue weighted by Crippen LogP contribution is -2.55. The first-order valence-corrected chi connectivity index (χ1v) is 12.1. The number of hydrogen-bond donors (Lipinski definition) is 3. The van der Waals surface area contributed by atoms with E-state index >= 15 is 0 Å². The number of amides is 2. The Kier molecular flexibility index (Phi) is 5.91. The van der Waals surface area contributed by atoms with Crippen LogP contribution in [0, 0.1) is 18.6 Å². The van der Waals surface area contributed by atoms with Crippen LogP contribution in [-0.4, -0.2) is 63.7 Å². The van der Waals surface area contributed by atoms with Crippen LogP contribution in [0.4, 0.5) is 25.0 Å². The number of carbonyl (C=O) groups is 2. The number of anilines is 2. The SMILES string of the molecule is Cc1cnc2c(N)c(C(=O)NCCc3cc(F)c(N4CC5CCC(C4)N5C(=O)O)cc3F)sc2n1. The fraction of sp³-hybridized carbons (Fsp3) is 0.391. The number of nitrogens with one attached hydrogen (secondary N) is 1. The first kappa shape index (κ1) is 23.2. The van der Waals surface area contributed by atoms with Crippen LogP contribution in [0.25, 0.3) is 10.3 Å². The van der Waals surface area contributed by atoms with E-state index in [-0.39, 0.29) is 46.9 Å². The molecule has 2 aromatic heterocycles. The number of halogens is 2. The van der Waals surface area contributed by atoms with Crippen molar-refractivity contribution < 1.29 is 23.5 Å². The van der Waals surface area contributed by atoms with Crippen molar-refractivity contribution in [3.05, 3.63) is 46.1 Å². The van der Waals surface area contributed by atoms with Crippen molar-refractivity contribution in [2.75, 3.05) is 30.3 Å². The molecule has 2 unspecified atom stereocenters. The number of benzene rings is 1. The van der Waals surface area contributed by atoms with Gasteiger partial charge in [0.05, 0.1) is 29.2 Å². The lowest BCUT2D eigenvalue weighted by Gasteiger charge is -2.40. The van der Waals surface area contributed by atoms with Crippen molar-refractivity contribution in [2.24, 2.45) is 0 Å². The fourth-order valence-corrected chi connectivity index (χ4v) is 5.97. The molecule has 4 N–H and O–H groups in total. The van der Waals surface area contributed by atoms with Gasteiger partial charge in [-0.05, 0) is 37.8 Å². The number of nitrogen functional groups attached to an aromatic ring is 1. The van der Waals surface area contributed by atoms with Gasteiger partial charge in [0.15, 0.2) is 0 Å². The fourth-order valence-electron chi connectivity index (χ4n) is 4.95. The summed E-state index contributed by atoms with van der Waals surface area (Å²) in [5, 5.41) is 12.1. The molecule has 184 valence electrons. The number of piperazine rings is 1. The predicted octanol–water partition coefficient (Wildman–Crippen LogP) is 3.16. The first-order valence-electron chi connectivity index (χ1n) is 11.3. The second kappa shape index (κ2) is 8.91. The molecule has 4 heterocycles. The van der Waals surface area contributed by atoms with E-state index in [4.69, 9.17) is 5.73 Å². The number of nitrogens with two attached hydrogens (primary N) is 1. The second-order valence-corrected chi connectivity index (χ2v) is 9.89. The molecule has 2 atom stereocenters. The molecule has 2 fully saturated rings. The van der Waals surface area contributed by atoms with Crippen LogP contribution < -0.4 is 16.0 Å². The highest BCUT2D eigenvalue weighted by atomic mass is 32.1. The van der Waals surface area contributed by atoms with E-state index in [1.807, 2.05) is 0 Å². The average Bonchev–Trinajstić information content (AvgIpc) is 3.28. The number of thiophene rings is 1.